The first kappa shape index (κ1) is 22.8. The number of aromatic nitrogens is 2. The average molecular weight is 453 g/mol. The van der Waals surface area contributed by atoms with Gasteiger partial charge in [0, 0.05) is 34.5 Å². The monoisotopic (exact) mass is 452 g/mol. The quantitative estimate of drug-likeness (QED) is 0.257. The van der Waals surface area contributed by atoms with E-state index in [4.69, 9.17) is 0 Å². The molecule has 34 heavy (non-hydrogen) atoms. The Kier molecular flexibility index (Phi) is 6.73. The molecular formula is C27H28N6O. The molecule has 4 aromatic rings. The van der Waals surface area contributed by atoms with Gasteiger partial charge in [-0.15, -0.1) is 0 Å². The standard InChI is InChI=1S/C27H28N6O/c1-17-5-8-22(9-6-17)30-26-28-20(4)16-25(33-26)29-21-11-13-23(14-12-21)31-27(34)32-24-10-7-18(2)19(3)15-24/h5-16H,1-4H3,(H2,31,32,34)(H2,28,29,30,33). The lowest BCUT2D eigenvalue weighted by atomic mass is 10.1. The van der Waals surface area contributed by atoms with Crippen LogP contribution in [0.5, 0.6) is 0 Å². The largest absolute Gasteiger partial charge is 0.340 e. The third kappa shape index (κ3) is 6.10. The SMILES string of the molecule is Cc1ccc(Nc2nc(C)cc(Nc3ccc(NC(=O)Nc4ccc(C)c(C)c4)cc3)n2)cc1. The number of rotatable bonds is 6. The highest BCUT2D eigenvalue weighted by Gasteiger charge is 2.06. The minimum Gasteiger partial charge on any atom is -0.340 e. The van der Waals surface area contributed by atoms with Crippen LogP contribution in [0.25, 0.3) is 0 Å². The van der Waals surface area contributed by atoms with Gasteiger partial charge in [0.05, 0.1) is 0 Å². The van der Waals surface area contributed by atoms with E-state index in [0.29, 0.717) is 17.5 Å². The highest BCUT2D eigenvalue weighted by Crippen LogP contribution is 2.21. The van der Waals surface area contributed by atoms with Gasteiger partial charge in [0.1, 0.15) is 5.82 Å². The van der Waals surface area contributed by atoms with Crippen LogP contribution in [-0.4, -0.2) is 16.0 Å². The minimum absolute atomic E-state index is 0.290. The van der Waals surface area contributed by atoms with E-state index >= 15 is 0 Å². The van der Waals surface area contributed by atoms with Crippen molar-refractivity contribution in [1.82, 2.24) is 9.97 Å². The van der Waals surface area contributed by atoms with Crippen molar-refractivity contribution < 1.29 is 4.79 Å². The van der Waals surface area contributed by atoms with Crippen molar-refractivity contribution in [2.45, 2.75) is 27.7 Å². The van der Waals surface area contributed by atoms with E-state index in [9.17, 15) is 4.79 Å². The number of nitrogens with one attached hydrogen (secondary N) is 4. The number of hydrogen-bond acceptors (Lipinski definition) is 5. The molecule has 2 amide bonds. The summed E-state index contributed by atoms with van der Waals surface area (Å²) in [5, 5.41) is 12.2. The zero-order chi connectivity index (χ0) is 24.1. The molecule has 0 aliphatic heterocycles. The van der Waals surface area contributed by atoms with Crippen LogP contribution < -0.4 is 21.3 Å². The van der Waals surface area contributed by atoms with Crippen molar-refractivity contribution >= 4 is 40.5 Å². The normalized spacial score (nSPS) is 10.5. The first-order chi connectivity index (χ1) is 16.3. The number of hydrogen-bond donors (Lipinski definition) is 4. The summed E-state index contributed by atoms with van der Waals surface area (Å²) in [6.07, 6.45) is 0. The molecule has 0 atom stereocenters. The molecule has 4 rings (SSSR count). The van der Waals surface area contributed by atoms with Crippen LogP contribution in [0.1, 0.15) is 22.4 Å². The first-order valence-electron chi connectivity index (χ1n) is 11.1. The van der Waals surface area contributed by atoms with E-state index < -0.39 is 0 Å². The fourth-order valence-electron chi connectivity index (χ4n) is 3.35. The molecule has 0 aliphatic carbocycles. The van der Waals surface area contributed by atoms with E-state index in [0.717, 1.165) is 28.3 Å². The lowest BCUT2D eigenvalue weighted by molar-refractivity contribution is 0.262. The number of aryl methyl sites for hydroxylation is 4. The molecule has 0 unspecified atom stereocenters. The van der Waals surface area contributed by atoms with E-state index in [1.165, 1.54) is 11.1 Å². The summed E-state index contributed by atoms with van der Waals surface area (Å²) in [4.78, 5) is 21.4. The second kappa shape index (κ2) is 10.0. The van der Waals surface area contributed by atoms with Crippen LogP contribution >= 0.6 is 0 Å². The summed E-state index contributed by atoms with van der Waals surface area (Å²) in [5.41, 5.74) is 7.57. The lowest BCUT2D eigenvalue weighted by Crippen LogP contribution is -2.19. The number of amides is 2. The van der Waals surface area contributed by atoms with Gasteiger partial charge in [0.25, 0.3) is 0 Å². The second-order valence-corrected chi connectivity index (χ2v) is 8.29. The zero-order valence-corrected chi connectivity index (χ0v) is 19.7. The third-order valence-electron chi connectivity index (χ3n) is 5.34. The topological polar surface area (TPSA) is 91.0 Å². The first-order valence-corrected chi connectivity index (χ1v) is 11.1. The van der Waals surface area contributed by atoms with E-state index in [1.54, 1.807) is 0 Å². The Balaban J connectivity index is 1.38. The summed E-state index contributed by atoms with van der Waals surface area (Å²) < 4.78 is 0. The molecule has 7 nitrogen and oxygen atoms in total. The van der Waals surface area contributed by atoms with E-state index in [-0.39, 0.29) is 6.03 Å². The summed E-state index contributed by atoms with van der Waals surface area (Å²) in [6, 6.07) is 22.9. The Morgan fingerprint density at radius 3 is 1.91 bits per heavy atom. The van der Waals surface area contributed by atoms with Gasteiger partial charge in [-0.1, -0.05) is 23.8 Å². The molecule has 172 valence electrons. The molecule has 0 radical (unpaired) electrons. The lowest BCUT2D eigenvalue weighted by Gasteiger charge is -2.12. The van der Waals surface area contributed by atoms with Crippen LogP contribution in [0.4, 0.5) is 39.3 Å². The number of anilines is 6. The highest BCUT2D eigenvalue weighted by molar-refractivity contribution is 5.99. The molecule has 0 bridgehead atoms. The molecule has 4 N–H and O–H groups in total. The van der Waals surface area contributed by atoms with Gasteiger partial charge in [-0.05, 0) is 87.4 Å². The number of nitrogens with zero attached hydrogens (tertiary/aromatic N) is 2. The molecule has 0 aliphatic rings. The van der Waals surface area contributed by atoms with Crippen molar-refractivity contribution in [3.8, 4) is 0 Å². The number of carbonyl (C=O) groups is 1. The maximum atomic E-state index is 12.3. The molecule has 0 saturated heterocycles. The van der Waals surface area contributed by atoms with Crippen LogP contribution in [0, 0.1) is 27.7 Å². The van der Waals surface area contributed by atoms with Crippen molar-refractivity contribution in [2.24, 2.45) is 0 Å². The smallest absolute Gasteiger partial charge is 0.323 e. The van der Waals surface area contributed by atoms with Gasteiger partial charge in [0.2, 0.25) is 5.95 Å². The van der Waals surface area contributed by atoms with Crippen molar-refractivity contribution in [3.05, 3.63) is 95.2 Å². The molecule has 0 saturated carbocycles. The number of carbonyl (C=O) groups excluding carboxylic acids is 1. The Bertz CT molecular complexity index is 1300. The van der Waals surface area contributed by atoms with Crippen LogP contribution in [0.15, 0.2) is 72.8 Å². The minimum atomic E-state index is -0.290. The number of benzene rings is 3. The summed E-state index contributed by atoms with van der Waals surface area (Å²) >= 11 is 0. The van der Waals surface area contributed by atoms with Crippen LogP contribution in [0.3, 0.4) is 0 Å². The van der Waals surface area contributed by atoms with Crippen molar-refractivity contribution in [2.75, 3.05) is 21.3 Å². The van der Waals surface area contributed by atoms with E-state index in [2.05, 4.69) is 31.2 Å². The van der Waals surface area contributed by atoms with Gasteiger partial charge in [-0.25, -0.2) is 9.78 Å². The molecule has 1 aromatic heterocycles. The fraction of sp³-hybridized carbons (Fsp3) is 0.148. The Morgan fingerprint density at radius 1 is 0.618 bits per heavy atom. The molecule has 1 heterocycles. The maximum absolute atomic E-state index is 12.3. The fourth-order valence-corrected chi connectivity index (χ4v) is 3.35. The number of urea groups is 1. The van der Waals surface area contributed by atoms with Gasteiger partial charge >= 0.3 is 6.03 Å². The van der Waals surface area contributed by atoms with E-state index in [1.807, 2.05) is 100 Å². The maximum Gasteiger partial charge on any atom is 0.323 e. The highest BCUT2D eigenvalue weighted by atomic mass is 16.2. The third-order valence-corrected chi connectivity index (χ3v) is 5.34. The van der Waals surface area contributed by atoms with Gasteiger partial charge in [0.15, 0.2) is 0 Å². The summed E-state index contributed by atoms with van der Waals surface area (Å²) in [6.45, 7) is 8.03. The van der Waals surface area contributed by atoms with Gasteiger partial charge < -0.3 is 21.3 Å². The molecular weight excluding hydrogens is 424 g/mol. The second-order valence-electron chi connectivity index (χ2n) is 8.29. The summed E-state index contributed by atoms with van der Waals surface area (Å²) in [7, 11) is 0. The molecule has 0 fully saturated rings. The molecule has 3 aromatic carbocycles. The Morgan fingerprint density at radius 2 is 1.21 bits per heavy atom. The Labute approximate surface area is 199 Å². The molecule has 0 spiro atoms. The van der Waals surface area contributed by atoms with Gasteiger partial charge in [-0.3, -0.25) is 0 Å². The summed E-state index contributed by atoms with van der Waals surface area (Å²) in [5.74, 6) is 1.20. The predicted molar refractivity (Wildman–Crippen MR) is 140 cm³/mol. The van der Waals surface area contributed by atoms with Gasteiger partial charge in [-0.2, -0.15) is 4.98 Å². The zero-order valence-electron chi connectivity index (χ0n) is 19.7. The van der Waals surface area contributed by atoms with Crippen LogP contribution in [-0.2, 0) is 0 Å². The average Bonchev–Trinajstić information content (AvgIpc) is 2.79. The van der Waals surface area contributed by atoms with Crippen LogP contribution in [0.2, 0.25) is 0 Å². The Hall–Kier alpha value is -4.39. The van der Waals surface area contributed by atoms with Crippen molar-refractivity contribution in [1.29, 1.82) is 0 Å². The van der Waals surface area contributed by atoms with Crippen molar-refractivity contribution in [3.63, 3.8) is 0 Å². The predicted octanol–water partition coefficient (Wildman–Crippen LogP) is 6.84. The molecule has 7 heteroatoms.